The molecule has 0 atom stereocenters. The molecule has 0 N–H and O–H groups in total. The molecule has 8 aromatic heterocycles. The Labute approximate surface area is 741 Å². The Kier molecular flexibility index (Phi) is 16.9. The van der Waals surface area contributed by atoms with Gasteiger partial charge in [-0.15, -0.1) is 34.0 Å². The van der Waals surface area contributed by atoms with Gasteiger partial charge in [0.1, 0.15) is 0 Å². The molecule has 28 aromatic rings. The lowest BCUT2D eigenvalue weighted by atomic mass is 9.91. The molecule has 127 heavy (non-hydrogen) atoms. The molecule has 5 nitrogen and oxygen atoms in total. The van der Waals surface area contributed by atoms with Gasteiger partial charge in [-0.05, 0) is 219 Å². The van der Waals surface area contributed by atoms with Crippen molar-refractivity contribution in [2.45, 2.75) is 0 Å². The Morgan fingerprint density at radius 2 is 0.465 bits per heavy atom. The van der Waals surface area contributed by atoms with Crippen LogP contribution < -0.4 is 0 Å². The molecule has 20 aromatic carbocycles. The minimum absolute atomic E-state index is 1.02. The lowest BCUT2D eigenvalue weighted by molar-refractivity contribution is 1.17. The molecule has 0 saturated carbocycles. The van der Waals surface area contributed by atoms with E-state index in [1.807, 2.05) is 52.6 Å². The second-order valence-corrected chi connectivity index (χ2v) is 36.4. The van der Waals surface area contributed by atoms with Gasteiger partial charge in [0.25, 0.3) is 0 Å². The van der Waals surface area contributed by atoms with Gasteiger partial charge in [-0.1, -0.05) is 303 Å². The number of nitrogens with zero attached hydrogens (tertiary/aromatic N) is 5. The van der Waals surface area contributed by atoms with Crippen LogP contribution in [-0.4, -0.2) is 24.1 Å². The molecule has 0 aliphatic heterocycles. The zero-order chi connectivity index (χ0) is 83.3. The topological polar surface area (TPSA) is 48.5 Å². The van der Waals surface area contributed by atoms with Gasteiger partial charge in [0.05, 0.1) is 52.7 Å². The average Bonchev–Trinajstić information content (AvgIpc) is 1.16. The minimum Gasteiger partial charge on any atom is -0.309 e. The average molecular weight is 1670 g/mol. The molecule has 0 aliphatic rings. The number of pyridine rings is 3. The zero-order valence-corrected chi connectivity index (χ0v) is 70.9. The van der Waals surface area contributed by atoms with Gasteiger partial charge >= 0.3 is 0 Å². The maximum atomic E-state index is 4.92. The fourth-order valence-electron chi connectivity index (χ4n) is 20.2. The summed E-state index contributed by atoms with van der Waals surface area (Å²) in [5, 5.41) is 29.5. The third kappa shape index (κ3) is 12.0. The third-order valence-corrected chi connectivity index (χ3v) is 29.4. The number of fused-ring (bicyclic) bond motifs is 30. The highest BCUT2D eigenvalue weighted by molar-refractivity contribution is 7.26. The molecular formula is C119H71N5S3. The van der Waals surface area contributed by atoms with E-state index in [0.717, 1.165) is 33.5 Å². The smallest absolute Gasteiger partial charge is 0.0715 e. The van der Waals surface area contributed by atoms with Crippen LogP contribution in [0.3, 0.4) is 0 Å². The molecule has 0 spiro atoms. The molecule has 0 bridgehead atoms. The van der Waals surface area contributed by atoms with Crippen molar-refractivity contribution in [3.05, 3.63) is 431 Å². The van der Waals surface area contributed by atoms with Crippen LogP contribution in [0, 0.1) is 0 Å². The monoisotopic (exact) mass is 1670 g/mol. The zero-order valence-electron chi connectivity index (χ0n) is 68.5. The molecule has 0 saturated heterocycles. The van der Waals surface area contributed by atoms with E-state index >= 15 is 0 Å². The fourth-order valence-corrected chi connectivity index (χ4v) is 23.5. The number of rotatable bonds is 7. The molecule has 8 heteroatoms. The van der Waals surface area contributed by atoms with Crippen LogP contribution >= 0.6 is 34.0 Å². The molecule has 0 aliphatic carbocycles. The van der Waals surface area contributed by atoms with Crippen molar-refractivity contribution in [2.24, 2.45) is 0 Å². The van der Waals surface area contributed by atoms with E-state index in [1.165, 1.54) is 224 Å². The van der Waals surface area contributed by atoms with Crippen molar-refractivity contribution in [3.8, 4) is 67.0 Å². The first kappa shape index (κ1) is 72.8. The number of aromatic nitrogens is 5. The van der Waals surface area contributed by atoms with Crippen molar-refractivity contribution in [2.75, 3.05) is 0 Å². The van der Waals surface area contributed by atoms with Gasteiger partial charge < -0.3 is 9.13 Å². The largest absolute Gasteiger partial charge is 0.309 e. The van der Waals surface area contributed by atoms with Crippen LogP contribution in [0.25, 0.3) is 258 Å². The van der Waals surface area contributed by atoms with Crippen LogP contribution in [0.4, 0.5) is 0 Å². The SMILES string of the molecule is c1cc(-c2ccc3c(c2)ncc2sc4ccccc4c23)cc(-c2ccc3c4ccccc4c4ccccc4c3c2)c1.c1cc(-c2ccc3c(c2)ncc2sc4ccccc4c23)cc(-n2c3ccccc3c3cc(-n4c5ccccc5c5ccccc54)ccc32)c1.c1cc(-c2ccc3c(ccc4ccccc43)c2)cc(-c2ccc3c(c2)ncc2sc4ccccc4c23)c1. The number of hydrogen-bond acceptors (Lipinski definition) is 6. The van der Waals surface area contributed by atoms with Crippen LogP contribution in [0.15, 0.2) is 431 Å². The first-order valence-electron chi connectivity index (χ1n) is 43.1. The summed E-state index contributed by atoms with van der Waals surface area (Å²) >= 11 is 5.44. The molecule has 0 radical (unpaired) electrons. The molecule has 8 heterocycles. The van der Waals surface area contributed by atoms with Gasteiger partial charge in [0.2, 0.25) is 0 Å². The lowest BCUT2D eigenvalue weighted by Crippen LogP contribution is -1.96. The quantitative estimate of drug-likeness (QED) is 0.149. The first-order valence-corrected chi connectivity index (χ1v) is 45.6. The van der Waals surface area contributed by atoms with Crippen molar-refractivity contribution in [3.63, 3.8) is 0 Å². The van der Waals surface area contributed by atoms with Crippen LogP contribution in [-0.2, 0) is 0 Å². The number of para-hydroxylation sites is 3. The highest BCUT2D eigenvalue weighted by Gasteiger charge is 2.21. The third-order valence-electron chi connectivity index (χ3n) is 26.1. The summed E-state index contributed by atoms with van der Waals surface area (Å²) in [6.07, 6.45) is 6.10. The summed E-state index contributed by atoms with van der Waals surface area (Å²) in [4.78, 5) is 14.6. The predicted octanol–water partition coefficient (Wildman–Crippen LogP) is 34.1. The molecular weight excluding hydrogens is 1600 g/mol. The first-order chi connectivity index (χ1) is 62.9. The highest BCUT2D eigenvalue weighted by atomic mass is 32.1. The van der Waals surface area contributed by atoms with E-state index in [4.69, 9.17) is 15.0 Å². The van der Waals surface area contributed by atoms with Crippen molar-refractivity contribution >= 4 is 225 Å². The Morgan fingerprint density at radius 1 is 0.157 bits per heavy atom. The fraction of sp³-hybridized carbons (Fsp3) is 0. The summed E-state index contributed by atoms with van der Waals surface area (Å²) in [6, 6.07) is 150. The standard InChI is InChI=1S/C45H27N3S.C39H23NS.C35H21NS/c1-5-16-39-32(12-1)33-13-2-6-17-40(33)48(39)31-21-23-42-37(26-31)34-14-3-7-18-41(34)47(42)30-11-9-10-28(24-30)29-20-22-35-38(25-29)46-27-44-45(35)36-15-4-8-19-43(36)49-44;1-2-12-30-28(10-1)29-11-3-4-13-31(29)35-21-26(16-18-32(30)35)24-8-7-9-25(20-24)27-17-19-33-36(22-27)40-23-38-39(33)34-14-5-6-15-37(34)41-38;1-2-9-28-22(6-1)12-13-27-19-25(14-16-29(27)28)23-7-5-8-24(18-23)26-15-17-30-32(20-26)36-21-34-35(30)31-10-3-4-11-33(31)37-34/h1-27H;1-23H;1-21H. The summed E-state index contributed by atoms with van der Waals surface area (Å²) in [5.74, 6) is 0. The van der Waals surface area contributed by atoms with Crippen molar-refractivity contribution in [1.82, 2.24) is 24.1 Å². The number of hydrogen-bond donors (Lipinski definition) is 0. The van der Waals surface area contributed by atoms with Crippen molar-refractivity contribution < 1.29 is 0 Å². The summed E-state index contributed by atoms with van der Waals surface area (Å²) < 4.78 is 12.4. The summed E-state index contributed by atoms with van der Waals surface area (Å²) in [7, 11) is 0. The van der Waals surface area contributed by atoms with Gasteiger partial charge in [0.15, 0.2) is 0 Å². The Balaban J connectivity index is 0.000000102. The normalized spacial score (nSPS) is 11.9. The molecule has 590 valence electrons. The summed E-state index contributed by atoms with van der Waals surface area (Å²) in [6.45, 7) is 0. The maximum absolute atomic E-state index is 4.92. The van der Waals surface area contributed by atoms with E-state index < -0.39 is 0 Å². The van der Waals surface area contributed by atoms with Gasteiger partial charge in [-0.3, -0.25) is 15.0 Å². The van der Waals surface area contributed by atoms with Gasteiger partial charge in [-0.2, -0.15) is 0 Å². The molecule has 0 fully saturated rings. The van der Waals surface area contributed by atoms with Gasteiger partial charge in [0, 0.05) is 114 Å². The molecule has 28 rings (SSSR count). The molecule has 0 amide bonds. The Bertz CT molecular complexity index is 9380. The second-order valence-electron chi connectivity index (χ2n) is 33.2. The van der Waals surface area contributed by atoms with E-state index in [2.05, 4.69) is 422 Å². The van der Waals surface area contributed by atoms with Crippen LogP contribution in [0.5, 0.6) is 0 Å². The van der Waals surface area contributed by atoms with E-state index in [9.17, 15) is 0 Å². The Morgan fingerprint density at radius 3 is 0.929 bits per heavy atom. The van der Waals surface area contributed by atoms with Crippen molar-refractivity contribution in [1.29, 1.82) is 0 Å². The molecule has 0 unspecified atom stereocenters. The van der Waals surface area contributed by atoms with E-state index in [0.29, 0.717) is 0 Å². The lowest BCUT2D eigenvalue weighted by Gasteiger charge is -2.12. The van der Waals surface area contributed by atoms with E-state index in [-0.39, 0.29) is 0 Å². The minimum atomic E-state index is 1.02. The number of thiophene rings is 3. The van der Waals surface area contributed by atoms with Crippen LogP contribution in [0.2, 0.25) is 0 Å². The second kappa shape index (κ2) is 29.5. The van der Waals surface area contributed by atoms with Gasteiger partial charge in [-0.25, -0.2) is 0 Å². The number of benzene rings is 20. The Hall–Kier alpha value is -15.8. The predicted molar refractivity (Wildman–Crippen MR) is 547 cm³/mol. The van der Waals surface area contributed by atoms with Crippen LogP contribution in [0.1, 0.15) is 0 Å². The maximum Gasteiger partial charge on any atom is 0.0715 e. The summed E-state index contributed by atoms with van der Waals surface area (Å²) in [5.41, 5.74) is 22.2. The van der Waals surface area contributed by atoms with E-state index in [1.54, 1.807) is 0 Å². The highest BCUT2D eigenvalue weighted by Crippen LogP contribution is 2.46.